The zero-order chi connectivity index (χ0) is 15.5. The molecule has 0 fully saturated rings. The van der Waals surface area contributed by atoms with Crippen molar-refractivity contribution in [3.05, 3.63) is 78.9 Å². The molecule has 1 heterocycles. The zero-order valence-corrected chi connectivity index (χ0v) is 13.9. The summed E-state index contributed by atoms with van der Waals surface area (Å²) >= 11 is 1.85. The lowest BCUT2D eigenvalue weighted by molar-refractivity contribution is 0.832. The second-order valence-corrected chi connectivity index (χ2v) is 6.85. The van der Waals surface area contributed by atoms with Crippen molar-refractivity contribution in [1.29, 1.82) is 0 Å². The average molecular weight is 304 g/mol. The number of hydrogen-bond acceptors (Lipinski definition) is 1. The quantitative estimate of drug-likeness (QED) is 0.463. The summed E-state index contributed by atoms with van der Waals surface area (Å²) in [7, 11) is 0. The molecule has 0 aliphatic rings. The molecule has 22 heavy (non-hydrogen) atoms. The molecule has 0 nitrogen and oxygen atoms in total. The number of rotatable bonds is 4. The van der Waals surface area contributed by atoms with Gasteiger partial charge in [0, 0.05) is 20.2 Å². The number of hydrogen-bond donors (Lipinski definition) is 0. The highest BCUT2D eigenvalue weighted by Crippen LogP contribution is 2.37. The molecule has 0 N–H and O–H groups in total. The van der Waals surface area contributed by atoms with E-state index in [1.54, 1.807) is 0 Å². The molecule has 2 aromatic carbocycles. The van der Waals surface area contributed by atoms with E-state index in [1.165, 1.54) is 25.7 Å². The van der Waals surface area contributed by atoms with Gasteiger partial charge in [0.1, 0.15) is 0 Å². The molecule has 0 saturated heterocycles. The first kappa shape index (κ1) is 14.8. The Morgan fingerprint density at radius 2 is 1.77 bits per heavy atom. The van der Waals surface area contributed by atoms with E-state index in [0.29, 0.717) is 5.92 Å². The Bertz CT molecular complexity index is 875. The summed E-state index contributed by atoms with van der Waals surface area (Å²) in [4.78, 5) is 0. The van der Waals surface area contributed by atoms with Crippen LogP contribution in [0.2, 0.25) is 0 Å². The van der Waals surface area contributed by atoms with E-state index in [9.17, 15) is 0 Å². The molecular formula is C21H20S. The molecule has 3 aromatic rings. The van der Waals surface area contributed by atoms with Crippen LogP contribution in [0.25, 0.3) is 25.7 Å². The molecule has 1 aromatic heterocycles. The van der Waals surface area contributed by atoms with Crippen LogP contribution in [-0.4, -0.2) is 0 Å². The summed E-state index contributed by atoms with van der Waals surface area (Å²) in [5, 5.41) is 2.66. The smallest absolute Gasteiger partial charge is 0.0433 e. The lowest BCUT2D eigenvalue weighted by atomic mass is 10.0. The number of fused-ring (bicyclic) bond motifs is 3. The van der Waals surface area contributed by atoms with Crippen molar-refractivity contribution >= 4 is 37.1 Å². The highest BCUT2D eigenvalue weighted by Gasteiger charge is 2.08. The normalized spacial score (nSPS) is 12.3. The molecular weight excluding hydrogens is 284 g/mol. The van der Waals surface area contributed by atoms with E-state index in [4.69, 9.17) is 0 Å². The summed E-state index contributed by atoms with van der Waals surface area (Å²) in [6.45, 7) is 8.60. The predicted molar refractivity (Wildman–Crippen MR) is 101 cm³/mol. The Kier molecular flexibility index (Phi) is 4.26. The van der Waals surface area contributed by atoms with Crippen molar-refractivity contribution in [3.8, 4) is 0 Å². The SMILES string of the molecule is C=C(C=CC=CC(C)C)c1cccc2c1sc1ccccc12. The fraction of sp³-hybridized carbons (Fsp3) is 0.143. The van der Waals surface area contributed by atoms with Crippen LogP contribution in [-0.2, 0) is 0 Å². The molecule has 1 heteroatoms. The first-order chi connectivity index (χ1) is 10.7. The fourth-order valence-corrected chi connectivity index (χ4v) is 3.80. The molecule has 3 rings (SSSR count). The highest BCUT2D eigenvalue weighted by atomic mass is 32.1. The lowest BCUT2D eigenvalue weighted by Gasteiger charge is -2.02. The number of allylic oxidation sites excluding steroid dienone is 5. The molecule has 110 valence electrons. The molecule has 0 unspecified atom stereocenters. The summed E-state index contributed by atoms with van der Waals surface area (Å²) in [6.07, 6.45) is 8.46. The zero-order valence-electron chi connectivity index (χ0n) is 13.0. The minimum absolute atomic E-state index is 0.573. The van der Waals surface area contributed by atoms with Crippen molar-refractivity contribution in [2.75, 3.05) is 0 Å². The standard InChI is InChI=1S/C21H20S/c1-15(2)9-4-5-10-16(3)17-12-8-13-19-18-11-6-7-14-20(18)22-21(17)19/h4-15H,3H2,1-2H3. The Labute approximate surface area is 136 Å². The van der Waals surface area contributed by atoms with Crippen LogP contribution in [0.15, 0.2) is 73.3 Å². The maximum Gasteiger partial charge on any atom is 0.0433 e. The summed E-state index contributed by atoms with van der Waals surface area (Å²) in [5.41, 5.74) is 2.29. The van der Waals surface area contributed by atoms with Gasteiger partial charge in [-0.3, -0.25) is 0 Å². The van der Waals surface area contributed by atoms with Crippen LogP contribution in [0.4, 0.5) is 0 Å². The maximum atomic E-state index is 4.25. The monoisotopic (exact) mass is 304 g/mol. The van der Waals surface area contributed by atoms with Gasteiger partial charge < -0.3 is 0 Å². The maximum absolute atomic E-state index is 4.25. The Balaban J connectivity index is 2.02. The summed E-state index contributed by atoms with van der Waals surface area (Å²) < 4.78 is 2.66. The molecule has 0 amide bonds. The average Bonchev–Trinajstić information content (AvgIpc) is 2.89. The van der Waals surface area contributed by atoms with E-state index in [2.05, 4.69) is 87.2 Å². The van der Waals surface area contributed by atoms with E-state index >= 15 is 0 Å². The van der Waals surface area contributed by atoms with Gasteiger partial charge in [0.25, 0.3) is 0 Å². The third kappa shape index (κ3) is 2.90. The molecule has 0 bridgehead atoms. The molecule has 0 spiro atoms. The Morgan fingerprint density at radius 3 is 2.59 bits per heavy atom. The van der Waals surface area contributed by atoms with Crippen LogP contribution in [0.1, 0.15) is 19.4 Å². The van der Waals surface area contributed by atoms with Gasteiger partial charge in [-0.1, -0.05) is 81.1 Å². The topological polar surface area (TPSA) is 0 Å². The second kappa shape index (κ2) is 6.33. The Hall–Kier alpha value is -2.12. The van der Waals surface area contributed by atoms with Gasteiger partial charge in [-0.15, -0.1) is 11.3 Å². The minimum Gasteiger partial charge on any atom is -0.135 e. The van der Waals surface area contributed by atoms with Crippen molar-refractivity contribution in [2.24, 2.45) is 5.92 Å². The van der Waals surface area contributed by atoms with Gasteiger partial charge in [-0.2, -0.15) is 0 Å². The number of thiophene rings is 1. The second-order valence-electron chi connectivity index (χ2n) is 5.79. The van der Waals surface area contributed by atoms with Gasteiger partial charge >= 0.3 is 0 Å². The van der Waals surface area contributed by atoms with Crippen molar-refractivity contribution in [1.82, 2.24) is 0 Å². The molecule has 0 radical (unpaired) electrons. The third-order valence-corrected chi connectivity index (χ3v) is 4.87. The van der Waals surface area contributed by atoms with Crippen LogP contribution < -0.4 is 0 Å². The van der Waals surface area contributed by atoms with E-state index in [1.807, 2.05) is 11.3 Å². The van der Waals surface area contributed by atoms with Crippen LogP contribution in [0, 0.1) is 5.92 Å². The first-order valence-electron chi connectivity index (χ1n) is 7.61. The molecule has 0 saturated carbocycles. The van der Waals surface area contributed by atoms with Gasteiger partial charge in [-0.05, 0) is 23.1 Å². The van der Waals surface area contributed by atoms with Crippen molar-refractivity contribution < 1.29 is 0 Å². The Morgan fingerprint density at radius 1 is 1.00 bits per heavy atom. The van der Waals surface area contributed by atoms with E-state index in [0.717, 1.165) is 5.57 Å². The van der Waals surface area contributed by atoms with Crippen LogP contribution in [0.5, 0.6) is 0 Å². The van der Waals surface area contributed by atoms with Gasteiger partial charge in [0.2, 0.25) is 0 Å². The van der Waals surface area contributed by atoms with Crippen LogP contribution >= 0.6 is 11.3 Å². The number of benzene rings is 2. The summed E-state index contributed by atoms with van der Waals surface area (Å²) in [5.74, 6) is 0.573. The molecule has 0 aliphatic carbocycles. The fourth-order valence-electron chi connectivity index (χ4n) is 2.55. The summed E-state index contributed by atoms with van der Waals surface area (Å²) in [6, 6.07) is 15.1. The highest BCUT2D eigenvalue weighted by molar-refractivity contribution is 7.26. The van der Waals surface area contributed by atoms with Crippen molar-refractivity contribution in [2.45, 2.75) is 13.8 Å². The van der Waals surface area contributed by atoms with E-state index in [-0.39, 0.29) is 0 Å². The van der Waals surface area contributed by atoms with Gasteiger partial charge in [0.05, 0.1) is 0 Å². The van der Waals surface area contributed by atoms with Crippen LogP contribution in [0.3, 0.4) is 0 Å². The minimum atomic E-state index is 0.573. The van der Waals surface area contributed by atoms with E-state index < -0.39 is 0 Å². The third-order valence-electron chi connectivity index (χ3n) is 3.65. The molecule has 0 aliphatic heterocycles. The predicted octanol–water partition coefficient (Wildman–Crippen LogP) is 6.84. The molecule has 0 atom stereocenters. The first-order valence-corrected chi connectivity index (χ1v) is 8.43. The van der Waals surface area contributed by atoms with Gasteiger partial charge in [0.15, 0.2) is 0 Å². The van der Waals surface area contributed by atoms with Crippen molar-refractivity contribution in [3.63, 3.8) is 0 Å². The largest absolute Gasteiger partial charge is 0.135 e. The van der Waals surface area contributed by atoms with Gasteiger partial charge in [-0.25, -0.2) is 0 Å². The lowest BCUT2D eigenvalue weighted by Crippen LogP contribution is -1.79.